The lowest BCUT2D eigenvalue weighted by Gasteiger charge is -2.33. The van der Waals surface area contributed by atoms with Crippen LogP contribution in [-0.2, 0) is 4.57 Å². The second kappa shape index (κ2) is 11.7. The molecule has 0 saturated carbocycles. The van der Waals surface area contributed by atoms with Crippen molar-refractivity contribution in [1.29, 1.82) is 0 Å². The highest BCUT2D eigenvalue weighted by Gasteiger charge is 2.48. The molecular weight excluding hydrogens is 579 g/mol. The zero-order valence-electron chi connectivity index (χ0n) is 25.1. The molecule has 0 aromatic heterocycles. The third-order valence-corrected chi connectivity index (χ3v) is 11.5. The summed E-state index contributed by atoms with van der Waals surface area (Å²) in [6.45, 7) is 0. The summed E-state index contributed by atoms with van der Waals surface area (Å²) in [6.07, 6.45) is 0. The van der Waals surface area contributed by atoms with E-state index in [1.807, 2.05) is 106 Å². The SMILES string of the molecule is O=P1(c2ccc(-c3cc(-c4ccccc4)cc(-c4ccccc4)c3)cc2)N(c2ccccc2)c2ccccc2N1c1ccccc1. The van der Waals surface area contributed by atoms with E-state index in [2.05, 4.69) is 91.0 Å². The Labute approximate surface area is 270 Å². The number of fused-ring (bicyclic) bond motifs is 1. The first-order chi connectivity index (χ1) is 22.7. The summed E-state index contributed by atoms with van der Waals surface area (Å²) in [5.74, 6) is 0. The standard InChI is InChI=1S/C42H31N2OP/c45-46(43(38-19-9-3-10-20-38)41-23-13-14-24-42(41)44(46)39-21-11-4-12-22-39)40-27-25-34(26-28-40)37-30-35(32-15-5-1-6-16-32)29-36(31-37)33-17-7-2-8-18-33/h1-31H. The number of benzene rings is 7. The van der Waals surface area contributed by atoms with Crippen LogP contribution in [0.3, 0.4) is 0 Å². The molecule has 220 valence electrons. The van der Waals surface area contributed by atoms with Gasteiger partial charge in [0.25, 0.3) is 0 Å². The van der Waals surface area contributed by atoms with E-state index >= 15 is 4.57 Å². The number of anilines is 4. The zero-order chi connectivity index (χ0) is 30.9. The monoisotopic (exact) mass is 610 g/mol. The first-order valence-electron chi connectivity index (χ1n) is 15.5. The van der Waals surface area contributed by atoms with Gasteiger partial charge in [0.2, 0.25) is 0 Å². The van der Waals surface area contributed by atoms with Crippen molar-refractivity contribution in [3.63, 3.8) is 0 Å². The third-order valence-electron chi connectivity index (χ3n) is 8.57. The van der Waals surface area contributed by atoms with Crippen molar-refractivity contribution in [2.75, 3.05) is 9.34 Å². The smallest absolute Gasteiger partial charge is 0.270 e. The van der Waals surface area contributed by atoms with E-state index in [0.29, 0.717) is 0 Å². The van der Waals surface area contributed by atoms with Crippen molar-refractivity contribution < 1.29 is 4.57 Å². The van der Waals surface area contributed by atoms with Gasteiger partial charge in [0.1, 0.15) is 0 Å². The van der Waals surface area contributed by atoms with Crippen molar-refractivity contribution in [2.45, 2.75) is 0 Å². The normalized spacial score (nSPS) is 13.4. The maximum absolute atomic E-state index is 15.9. The van der Waals surface area contributed by atoms with Gasteiger partial charge >= 0.3 is 7.44 Å². The summed E-state index contributed by atoms with van der Waals surface area (Å²) in [5.41, 5.74) is 10.5. The average molecular weight is 611 g/mol. The minimum Gasteiger partial charge on any atom is -0.270 e. The van der Waals surface area contributed by atoms with Gasteiger partial charge in [-0.25, -0.2) is 0 Å². The molecule has 0 bridgehead atoms. The van der Waals surface area contributed by atoms with Crippen LogP contribution in [0.4, 0.5) is 22.7 Å². The van der Waals surface area contributed by atoms with Crippen LogP contribution in [0.2, 0.25) is 0 Å². The summed E-state index contributed by atoms with van der Waals surface area (Å²) < 4.78 is 20.0. The topological polar surface area (TPSA) is 23.6 Å². The molecule has 0 fully saturated rings. The van der Waals surface area contributed by atoms with Crippen molar-refractivity contribution in [1.82, 2.24) is 0 Å². The van der Waals surface area contributed by atoms with Gasteiger partial charge in [-0.3, -0.25) is 13.9 Å². The highest BCUT2D eigenvalue weighted by Crippen LogP contribution is 2.69. The van der Waals surface area contributed by atoms with E-state index in [1.54, 1.807) is 0 Å². The minimum absolute atomic E-state index is 0.766. The van der Waals surface area contributed by atoms with Gasteiger partial charge in [-0.15, -0.1) is 0 Å². The molecule has 7 aromatic rings. The molecule has 0 aliphatic carbocycles. The molecule has 1 aliphatic rings. The van der Waals surface area contributed by atoms with E-state index in [0.717, 1.165) is 50.3 Å². The fourth-order valence-electron chi connectivity index (χ4n) is 6.40. The Kier molecular flexibility index (Phi) is 7.10. The molecule has 8 rings (SSSR count). The van der Waals surface area contributed by atoms with Crippen LogP contribution in [0.25, 0.3) is 33.4 Å². The molecule has 4 heteroatoms. The number of nitrogens with zero attached hydrogens (tertiary/aromatic N) is 2. The number of para-hydroxylation sites is 4. The maximum Gasteiger partial charge on any atom is 0.301 e. The molecule has 0 unspecified atom stereocenters. The van der Waals surface area contributed by atoms with Crippen LogP contribution in [0.1, 0.15) is 0 Å². The Balaban J connectivity index is 1.28. The van der Waals surface area contributed by atoms with Gasteiger partial charge in [-0.05, 0) is 100 Å². The summed E-state index contributed by atoms with van der Waals surface area (Å²) >= 11 is 0. The Bertz CT molecular complexity index is 2040. The lowest BCUT2D eigenvalue weighted by molar-refractivity contribution is 0.582. The second-order valence-corrected chi connectivity index (χ2v) is 13.8. The van der Waals surface area contributed by atoms with Crippen LogP contribution >= 0.6 is 7.44 Å². The second-order valence-electron chi connectivity index (χ2n) is 11.4. The van der Waals surface area contributed by atoms with Gasteiger partial charge < -0.3 is 0 Å². The Morgan fingerprint density at radius 3 is 1.04 bits per heavy atom. The zero-order valence-corrected chi connectivity index (χ0v) is 26.0. The highest BCUT2D eigenvalue weighted by atomic mass is 31.2. The molecule has 0 saturated heterocycles. The van der Waals surface area contributed by atoms with E-state index in [1.165, 1.54) is 11.1 Å². The van der Waals surface area contributed by atoms with E-state index in [-0.39, 0.29) is 0 Å². The quantitative estimate of drug-likeness (QED) is 0.175. The summed E-state index contributed by atoms with van der Waals surface area (Å²) in [5, 5.41) is 0.766. The van der Waals surface area contributed by atoms with E-state index in [9.17, 15) is 0 Å². The number of rotatable bonds is 6. The Morgan fingerprint density at radius 2 is 0.652 bits per heavy atom. The third kappa shape index (κ3) is 4.83. The minimum atomic E-state index is -3.43. The maximum atomic E-state index is 15.9. The summed E-state index contributed by atoms with van der Waals surface area (Å²) in [6, 6.07) is 64.3. The summed E-state index contributed by atoms with van der Waals surface area (Å²) in [7, 11) is -3.43. The summed E-state index contributed by atoms with van der Waals surface area (Å²) in [4.78, 5) is 0. The average Bonchev–Trinajstić information content (AvgIpc) is 3.42. The van der Waals surface area contributed by atoms with Crippen LogP contribution < -0.4 is 14.6 Å². The molecule has 7 aromatic carbocycles. The van der Waals surface area contributed by atoms with E-state index < -0.39 is 7.44 Å². The largest absolute Gasteiger partial charge is 0.301 e. The number of hydrogen-bond acceptors (Lipinski definition) is 1. The van der Waals surface area contributed by atoms with Crippen LogP contribution in [0.15, 0.2) is 188 Å². The highest BCUT2D eigenvalue weighted by molar-refractivity contribution is 7.76. The van der Waals surface area contributed by atoms with Gasteiger partial charge in [0.15, 0.2) is 0 Å². The Morgan fingerprint density at radius 1 is 0.326 bits per heavy atom. The molecule has 0 N–H and O–H groups in total. The van der Waals surface area contributed by atoms with Gasteiger partial charge in [-0.2, -0.15) is 0 Å². The molecule has 0 spiro atoms. The molecule has 46 heavy (non-hydrogen) atoms. The molecule has 0 atom stereocenters. The van der Waals surface area contributed by atoms with E-state index in [4.69, 9.17) is 0 Å². The van der Waals surface area contributed by atoms with Crippen LogP contribution in [0, 0.1) is 0 Å². The van der Waals surface area contributed by atoms with Crippen molar-refractivity contribution >= 4 is 35.5 Å². The van der Waals surface area contributed by atoms with Crippen LogP contribution in [-0.4, -0.2) is 0 Å². The van der Waals surface area contributed by atoms with Crippen molar-refractivity contribution in [3.8, 4) is 33.4 Å². The molecular formula is C42H31N2OP. The molecule has 0 amide bonds. The molecule has 1 aliphatic heterocycles. The predicted octanol–water partition coefficient (Wildman–Crippen LogP) is 11.5. The lowest BCUT2D eigenvalue weighted by Crippen LogP contribution is -2.26. The van der Waals surface area contributed by atoms with Crippen molar-refractivity contribution in [2.24, 2.45) is 0 Å². The van der Waals surface area contributed by atoms with Crippen molar-refractivity contribution in [3.05, 3.63) is 188 Å². The first kappa shape index (κ1) is 27.9. The van der Waals surface area contributed by atoms with Gasteiger partial charge in [0.05, 0.1) is 16.7 Å². The first-order valence-corrected chi connectivity index (χ1v) is 17.1. The Hall–Kier alpha value is -5.63. The lowest BCUT2D eigenvalue weighted by atomic mass is 9.93. The number of hydrogen-bond donors (Lipinski definition) is 0. The van der Waals surface area contributed by atoms with Gasteiger partial charge in [-0.1, -0.05) is 121 Å². The van der Waals surface area contributed by atoms with Gasteiger partial charge in [0, 0.05) is 11.4 Å². The van der Waals surface area contributed by atoms with Crippen LogP contribution in [0.5, 0.6) is 0 Å². The predicted molar refractivity (Wildman–Crippen MR) is 194 cm³/mol. The molecule has 1 heterocycles. The fourth-order valence-corrected chi connectivity index (χ4v) is 9.39. The molecule has 3 nitrogen and oxygen atoms in total. The fraction of sp³-hybridized carbons (Fsp3) is 0. The molecule has 0 radical (unpaired) electrons.